The summed E-state index contributed by atoms with van der Waals surface area (Å²) >= 11 is 0. The first-order chi connectivity index (χ1) is 7.45. The van der Waals surface area contributed by atoms with Gasteiger partial charge in [0.05, 0.1) is 6.33 Å². The van der Waals surface area contributed by atoms with Crippen LogP contribution in [0.25, 0.3) is 0 Å². The molecule has 0 fully saturated rings. The van der Waals surface area contributed by atoms with E-state index in [1.807, 2.05) is 0 Å². The van der Waals surface area contributed by atoms with Gasteiger partial charge in [0.15, 0.2) is 5.03 Å². The number of hydrogen-bond donors (Lipinski definition) is 0. The van der Waals surface area contributed by atoms with Crippen LogP contribution in [0.2, 0.25) is 0 Å². The van der Waals surface area contributed by atoms with Crippen LogP contribution in [-0.2, 0) is 15.6 Å². The molecular formula is C7H7ClN4O3S. The molecular weight excluding hydrogens is 256 g/mol. The van der Waals surface area contributed by atoms with Gasteiger partial charge in [-0.3, -0.25) is 0 Å². The number of nitrogens with zero attached hydrogens (tertiary/aromatic N) is 4. The van der Waals surface area contributed by atoms with Gasteiger partial charge in [0.25, 0.3) is 9.05 Å². The minimum absolute atomic E-state index is 0.203. The second-order valence-electron chi connectivity index (χ2n) is 3.04. The van der Waals surface area contributed by atoms with Crippen molar-refractivity contribution < 1.29 is 12.8 Å². The topological polar surface area (TPSA) is 90.9 Å². The van der Waals surface area contributed by atoms with E-state index in [4.69, 9.17) is 15.1 Å². The first-order valence-electron chi connectivity index (χ1n) is 4.20. The van der Waals surface area contributed by atoms with Crippen LogP contribution in [0.5, 0.6) is 0 Å². The Morgan fingerprint density at radius 1 is 1.50 bits per heavy atom. The predicted molar refractivity (Wildman–Crippen MR) is 53.4 cm³/mol. The first-order valence-corrected chi connectivity index (χ1v) is 6.51. The quantitative estimate of drug-likeness (QED) is 0.750. The molecule has 0 atom stereocenters. The zero-order valence-corrected chi connectivity index (χ0v) is 9.73. The van der Waals surface area contributed by atoms with Crippen molar-refractivity contribution in [3.63, 3.8) is 0 Å². The summed E-state index contributed by atoms with van der Waals surface area (Å²) in [6.07, 6.45) is 2.62. The maximum atomic E-state index is 10.9. The van der Waals surface area contributed by atoms with Gasteiger partial charge in [-0.05, 0) is 0 Å². The monoisotopic (exact) mass is 262 g/mol. The standard InChI is InChI=1S/C7H7ClN4O3S/c1-5-10-11-6(15-5)2-12-3-7(9-4-12)16(8,13)14/h3-4H,2H2,1H3. The average Bonchev–Trinajstić information content (AvgIpc) is 2.74. The third-order valence-corrected chi connectivity index (χ3v) is 2.93. The van der Waals surface area contributed by atoms with Crippen molar-refractivity contribution in [1.82, 2.24) is 19.7 Å². The van der Waals surface area contributed by atoms with Crippen LogP contribution in [0, 0.1) is 6.92 Å². The lowest BCUT2D eigenvalue weighted by Crippen LogP contribution is -1.97. The molecule has 0 N–H and O–H groups in total. The zero-order valence-electron chi connectivity index (χ0n) is 8.16. The van der Waals surface area contributed by atoms with E-state index < -0.39 is 9.05 Å². The van der Waals surface area contributed by atoms with E-state index in [-0.39, 0.29) is 11.6 Å². The van der Waals surface area contributed by atoms with Crippen molar-refractivity contribution in [3.05, 3.63) is 24.3 Å². The summed E-state index contributed by atoms with van der Waals surface area (Å²) in [5.74, 6) is 0.814. The zero-order chi connectivity index (χ0) is 11.8. The van der Waals surface area contributed by atoms with Crippen LogP contribution < -0.4 is 0 Å². The molecule has 2 rings (SSSR count). The highest BCUT2D eigenvalue weighted by molar-refractivity contribution is 8.13. The Bertz CT molecular complexity index is 603. The first kappa shape index (κ1) is 11.1. The Labute approximate surface area is 95.5 Å². The summed E-state index contributed by atoms with van der Waals surface area (Å²) in [5.41, 5.74) is 0. The molecule has 0 saturated carbocycles. The van der Waals surface area contributed by atoms with Crippen molar-refractivity contribution >= 4 is 19.7 Å². The van der Waals surface area contributed by atoms with Crippen LogP contribution in [0.1, 0.15) is 11.8 Å². The highest BCUT2D eigenvalue weighted by atomic mass is 35.7. The molecule has 7 nitrogen and oxygen atoms in total. The van der Waals surface area contributed by atoms with Crippen molar-refractivity contribution in [1.29, 1.82) is 0 Å². The molecule has 0 aliphatic rings. The Kier molecular flexibility index (Phi) is 2.68. The van der Waals surface area contributed by atoms with Gasteiger partial charge in [0, 0.05) is 23.8 Å². The maximum absolute atomic E-state index is 10.9. The fourth-order valence-corrected chi connectivity index (χ4v) is 1.78. The Morgan fingerprint density at radius 3 is 2.75 bits per heavy atom. The largest absolute Gasteiger partial charge is 0.424 e. The minimum atomic E-state index is -3.80. The van der Waals surface area contributed by atoms with Crippen molar-refractivity contribution in [3.8, 4) is 0 Å². The maximum Gasteiger partial charge on any atom is 0.280 e. The molecule has 0 amide bonds. The molecule has 0 saturated heterocycles. The van der Waals surface area contributed by atoms with E-state index in [9.17, 15) is 8.42 Å². The minimum Gasteiger partial charge on any atom is -0.424 e. The van der Waals surface area contributed by atoms with Crippen LogP contribution in [0.3, 0.4) is 0 Å². The number of halogens is 1. The van der Waals surface area contributed by atoms with Gasteiger partial charge in [-0.2, -0.15) is 0 Å². The Hall–Kier alpha value is -1.41. The second-order valence-corrected chi connectivity index (χ2v) is 5.55. The fourth-order valence-electron chi connectivity index (χ4n) is 1.11. The molecule has 0 aliphatic heterocycles. The summed E-state index contributed by atoms with van der Waals surface area (Å²) in [6, 6.07) is 0. The Balaban J connectivity index is 2.21. The van der Waals surface area contributed by atoms with E-state index >= 15 is 0 Å². The average molecular weight is 263 g/mol. The van der Waals surface area contributed by atoms with Crippen molar-refractivity contribution in [2.75, 3.05) is 0 Å². The number of aromatic nitrogens is 4. The lowest BCUT2D eigenvalue weighted by molar-refractivity contribution is 0.454. The number of hydrogen-bond acceptors (Lipinski definition) is 6. The number of rotatable bonds is 3. The highest BCUT2D eigenvalue weighted by Crippen LogP contribution is 2.12. The van der Waals surface area contributed by atoms with Crippen LogP contribution >= 0.6 is 10.7 Å². The van der Waals surface area contributed by atoms with Crippen molar-refractivity contribution in [2.45, 2.75) is 18.5 Å². The number of imidazole rings is 1. The molecule has 0 spiro atoms. The van der Waals surface area contributed by atoms with E-state index in [2.05, 4.69) is 15.2 Å². The summed E-state index contributed by atoms with van der Waals surface area (Å²) in [4.78, 5) is 3.64. The fraction of sp³-hybridized carbons (Fsp3) is 0.286. The highest BCUT2D eigenvalue weighted by Gasteiger charge is 2.14. The van der Waals surface area contributed by atoms with Crippen molar-refractivity contribution in [2.24, 2.45) is 0 Å². The molecule has 16 heavy (non-hydrogen) atoms. The van der Waals surface area contributed by atoms with Gasteiger partial charge >= 0.3 is 0 Å². The van der Waals surface area contributed by atoms with E-state index in [1.54, 1.807) is 6.92 Å². The molecule has 2 aromatic heterocycles. The SMILES string of the molecule is Cc1nnc(Cn2cnc(S(=O)(=O)Cl)c2)o1. The van der Waals surface area contributed by atoms with Crippen LogP contribution in [-0.4, -0.2) is 28.2 Å². The molecule has 0 aromatic carbocycles. The third kappa shape index (κ3) is 2.39. The predicted octanol–water partition coefficient (Wildman–Crippen LogP) is 0.550. The lowest BCUT2D eigenvalue weighted by Gasteiger charge is -1.94. The van der Waals surface area contributed by atoms with Gasteiger partial charge in [-0.25, -0.2) is 13.4 Å². The van der Waals surface area contributed by atoms with Crippen LogP contribution in [0.15, 0.2) is 22.0 Å². The lowest BCUT2D eigenvalue weighted by atomic mass is 10.6. The van der Waals surface area contributed by atoms with Crippen LogP contribution in [0.4, 0.5) is 0 Å². The second kappa shape index (κ2) is 3.87. The van der Waals surface area contributed by atoms with E-state index in [1.165, 1.54) is 17.1 Å². The molecule has 0 unspecified atom stereocenters. The summed E-state index contributed by atoms with van der Waals surface area (Å²) in [6.45, 7) is 1.92. The van der Waals surface area contributed by atoms with Gasteiger partial charge in [-0.15, -0.1) is 10.2 Å². The summed E-state index contributed by atoms with van der Waals surface area (Å²) in [5, 5.41) is 7.21. The molecule has 2 aromatic rings. The Morgan fingerprint density at radius 2 is 2.25 bits per heavy atom. The van der Waals surface area contributed by atoms with E-state index in [0.717, 1.165) is 0 Å². The molecule has 9 heteroatoms. The summed E-state index contributed by atoms with van der Waals surface area (Å²) < 4.78 is 28.5. The molecule has 2 heterocycles. The number of aryl methyl sites for hydroxylation is 1. The third-order valence-electron chi connectivity index (χ3n) is 1.75. The molecule has 86 valence electrons. The normalized spacial score (nSPS) is 11.9. The van der Waals surface area contributed by atoms with Gasteiger partial charge in [0.1, 0.15) is 6.54 Å². The van der Waals surface area contributed by atoms with Gasteiger partial charge in [-0.1, -0.05) is 0 Å². The van der Waals surface area contributed by atoms with Gasteiger partial charge < -0.3 is 8.98 Å². The van der Waals surface area contributed by atoms with E-state index in [0.29, 0.717) is 11.8 Å². The molecule has 0 bridgehead atoms. The summed E-state index contributed by atoms with van der Waals surface area (Å²) in [7, 11) is 1.33. The van der Waals surface area contributed by atoms with Gasteiger partial charge in [0.2, 0.25) is 11.8 Å². The molecule has 0 aliphatic carbocycles. The smallest absolute Gasteiger partial charge is 0.280 e. The molecule has 0 radical (unpaired) electrons.